The fraction of sp³-hybridized carbons (Fsp3) is 0.100. The van der Waals surface area contributed by atoms with Crippen molar-refractivity contribution in [2.24, 2.45) is 0 Å². The summed E-state index contributed by atoms with van der Waals surface area (Å²) in [4.78, 5) is 8.53. The Labute approximate surface area is 147 Å². The third-order valence-electron chi connectivity index (χ3n) is 4.16. The summed E-state index contributed by atoms with van der Waals surface area (Å²) >= 11 is 0. The van der Waals surface area contributed by atoms with Crippen molar-refractivity contribution in [2.75, 3.05) is 0 Å². The van der Waals surface area contributed by atoms with E-state index < -0.39 is 11.7 Å². The monoisotopic (exact) mass is 353 g/mol. The van der Waals surface area contributed by atoms with Gasteiger partial charge >= 0.3 is 6.18 Å². The molecule has 0 amide bonds. The van der Waals surface area contributed by atoms with Crippen molar-refractivity contribution in [3.8, 4) is 17.1 Å². The maximum atomic E-state index is 13.1. The van der Waals surface area contributed by atoms with Gasteiger partial charge in [0.15, 0.2) is 0 Å². The van der Waals surface area contributed by atoms with Gasteiger partial charge in [0.2, 0.25) is 0 Å². The molecule has 3 nitrogen and oxygen atoms in total. The first kappa shape index (κ1) is 16.3. The molecular formula is C20H14F3N3. The molecule has 0 saturated heterocycles. The van der Waals surface area contributed by atoms with Crippen molar-refractivity contribution in [2.45, 2.75) is 13.1 Å². The Morgan fingerprint density at radius 3 is 2.31 bits per heavy atom. The molecule has 1 aromatic carbocycles. The van der Waals surface area contributed by atoms with E-state index in [4.69, 9.17) is 0 Å². The molecule has 0 bridgehead atoms. The summed E-state index contributed by atoms with van der Waals surface area (Å²) in [7, 11) is 0. The second-order valence-corrected chi connectivity index (χ2v) is 6.06. The Morgan fingerprint density at radius 1 is 0.885 bits per heavy atom. The topological polar surface area (TPSA) is 30.7 Å². The Balaban J connectivity index is 2.01. The van der Waals surface area contributed by atoms with Crippen molar-refractivity contribution < 1.29 is 13.2 Å². The van der Waals surface area contributed by atoms with Crippen molar-refractivity contribution in [1.29, 1.82) is 0 Å². The summed E-state index contributed by atoms with van der Waals surface area (Å²) in [6.07, 6.45) is -1.83. The van der Waals surface area contributed by atoms with E-state index in [-0.39, 0.29) is 0 Å². The van der Waals surface area contributed by atoms with E-state index in [1.165, 1.54) is 0 Å². The Morgan fingerprint density at radius 2 is 1.65 bits per heavy atom. The molecule has 4 rings (SSSR count). The highest BCUT2D eigenvalue weighted by Crippen LogP contribution is 2.34. The van der Waals surface area contributed by atoms with Gasteiger partial charge in [0.1, 0.15) is 5.65 Å². The van der Waals surface area contributed by atoms with Crippen LogP contribution < -0.4 is 0 Å². The van der Waals surface area contributed by atoms with Gasteiger partial charge in [-0.15, -0.1) is 0 Å². The molecule has 26 heavy (non-hydrogen) atoms. The first-order valence-electron chi connectivity index (χ1n) is 8.00. The van der Waals surface area contributed by atoms with Crippen LogP contribution >= 0.6 is 0 Å². The molecule has 130 valence electrons. The first-order valence-corrected chi connectivity index (χ1v) is 8.00. The predicted molar refractivity (Wildman–Crippen MR) is 94.0 cm³/mol. The lowest BCUT2D eigenvalue weighted by molar-refractivity contribution is -0.137. The molecule has 0 N–H and O–H groups in total. The molecule has 0 fully saturated rings. The maximum Gasteiger partial charge on any atom is 0.417 e. The lowest BCUT2D eigenvalue weighted by Crippen LogP contribution is -2.05. The van der Waals surface area contributed by atoms with Gasteiger partial charge in [0.05, 0.1) is 17.0 Å². The zero-order valence-electron chi connectivity index (χ0n) is 13.8. The van der Waals surface area contributed by atoms with Crippen LogP contribution in [0.1, 0.15) is 11.1 Å². The summed E-state index contributed by atoms with van der Waals surface area (Å²) in [5.41, 5.74) is 2.88. The lowest BCUT2D eigenvalue weighted by atomic mass is 10.2. The number of halogens is 3. The summed E-state index contributed by atoms with van der Waals surface area (Å²) in [6, 6.07) is 16.0. The Hall–Kier alpha value is -3.15. The third kappa shape index (κ3) is 2.83. The molecular weight excluding hydrogens is 339 g/mol. The van der Waals surface area contributed by atoms with Gasteiger partial charge in [-0.1, -0.05) is 24.3 Å². The minimum Gasteiger partial charge on any atom is -0.292 e. The fourth-order valence-corrected chi connectivity index (χ4v) is 2.89. The molecule has 3 heterocycles. The van der Waals surface area contributed by atoms with Crippen molar-refractivity contribution in [3.63, 3.8) is 0 Å². The Kier molecular flexibility index (Phi) is 3.76. The SMILES string of the molecule is Cc1ccc(-c2cc3cc(C(F)(F)F)cnc3n2-c2ccccc2)nc1. The molecule has 4 aromatic rings. The highest BCUT2D eigenvalue weighted by atomic mass is 19.4. The number of pyridine rings is 2. The highest BCUT2D eigenvalue weighted by molar-refractivity contribution is 5.86. The summed E-state index contributed by atoms with van der Waals surface area (Å²) in [5.74, 6) is 0. The number of para-hydroxylation sites is 1. The number of hydrogen-bond donors (Lipinski definition) is 0. The fourth-order valence-electron chi connectivity index (χ4n) is 2.89. The lowest BCUT2D eigenvalue weighted by Gasteiger charge is -2.10. The van der Waals surface area contributed by atoms with Crippen LogP contribution in [0.5, 0.6) is 0 Å². The number of benzene rings is 1. The summed E-state index contributed by atoms with van der Waals surface area (Å²) < 4.78 is 41.0. The molecule has 0 radical (unpaired) electrons. The van der Waals surface area contributed by atoms with Gasteiger partial charge in [-0.2, -0.15) is 13.2 Å². The minimum atomic E-state index is -4.43. The van der Waals surface area contributed by atoms with E-state index in [9.17, 15) is 13.2 Å². The Bertz CT molecular complexity index is 1070. The average Bonchev–Trinajstić information content (AvgIpc) is 3.01. The highest BCUT2D eigenvalue weighted by Gasteiger charge is 2.31. The molecule has 0 saturated carbocycles. The van der Waals surface area contributed by atoms with Crippen molar-refractivity contribution in [3.05, 3.63) is 78.1 Å². The third-order valence-corrected chi connectivity index (χ3v) is 4.16. The van der Waals surface area contributed by atoms with E-state index in [1.807, 2.05) is 54.0 Å². The summed E-state index contributed by atoms with van der Waals surface area (Å²) in [5, 5.41) is 0.418. The molecule has 6 heteroatoms. The molecule has 0 aliphatic heterocycles. The van der Waals surface area contributed by atoms with E-state index in [0.717, 1.165) is 23.5 Å². The molecule has 0 aliphatic carbocycles. The number of hydrogen-bond acceptors (Lipinski definition) is 2. The average molecular weight is 353 g/mol. The van der Waals surface area contributed by atoms with E-state index in [2.05, 4.69) is 9.97 Å². The van der Waals surface area contributed by atoms with Crippen LogP contribution in [0.4, 0.5) is 13.2 Å². The number of fused-ring (bicyclic) bond motifs is 1. The second kappa shape index (κ2) is 5.98. The number of aromatic nitrogens is 3. The molecule has 0 atom stereocenters. The van der Waals surface area contributed by atoms with E-state index in [1.54, 1.807) is 12.3 Å². The first-order chi connectivity index (χ1) is 12.4. The number of nitrogens with zero attached hydrogens (tertiary/aromatic N) is 3. The van der Waals surface area contributed by atoms with Crippen LogP contribution in [0.2, 0.25) is 0 Å². The quantitative estimate of drug-likeness (QED) is 0.482. The molecule has 0 unspecified atom stereocenters. The standard InChI is InChI=1S/C20H14F3N3/c1-13-7-8-17(24-11-13)18-10-14-9-15(20(21,22)23)12-25-19(14)26(18)16-5-3-2-4-6-16/h2-12H,1H3. The zero-order valence-corrected chi connectivity index (χ0v) is 13.8. The van der Waals surface area contributed by atoms with E-state index >= 15 is 0 Å². The van der Waals surface area contributed by atoms with Gasteiger partial charge in [-0.3, -0.25) is 9.55 Å². The van der Waals surface area contributed by atoms with Gasteiger partial charge < -0.3 is 0 Å². The van der Waals surface area contributed by atoms with Gasteiger partial charge in [0, 0.05) is 23.5 Å². The smallest absolute Gasteiger partial charge is 0.292 e. The maximum absolute atomic E-state index is 13.1. The van der Waals surface area contributed by atoms with Gasteiger partial charge in [-0.05, 0) is 42.8 Å². The van der Waals surface area contributed by atoms with Crippen LogP contribution in [-0.2, 0) is 6.18 Å². The van der Waals surface area contributed by atoms with Crippen LogP contribution in [0.3, 0.4) is 0 Å². The normalized spacial score (nSPS) is 11.8. The number of alkyl halides is 3. The van der Waals surface area contributed by atoms with E-state index in [0.29, 0.717) is 22.4 Å². The van der Waals surface area contributed by atoms with Crippen LogP contribution in [0.25, 0.3) is 28.1 Å². The minimum absolute atomic E-state index is 0.418. The predicted octanol–water partition coefficient (Wildman–Crippen LogP) is 5.41. The largest absolute Gasteiger partial charge is 0.417 e. The van der Waals surface area contributed by atoms with Gasteiger partial charge in [0.25, 0.3) is 0 Å². The molecule has 0 spiro atoms. The second-order valence-electron chi connectivity index (χ2n) is 6.06. The van der Waals surface area contributed by atoms with Crippen LogP contribution in [0.15, 0.2) is 67.0 Å². The van der Waals surface area contributed by atoms with Crippen LogP contribution in [-0.4, -0.2) is 14.5 Å². The zero-order chi connectivity index (χ0) is 18.3. The van der Waals surface area contributed by atoms with Gasteiger partial charge in [-0.25, -0.2) is 4.98 Å². The molecule has 3 aromatic heterocycles. The van der Waals surface area contributed by atoms with Crippen molar-refractivity contribution >= 4 is 11.0 Å². The van der Waals surface area contributed by atoms with Crippen LogP contribution in [0, 0.1) is 6.92 Å². The number of rotatable bonds is 2. The molecule has 0 aliphatic rings. The number of aryl methyl sites for hydroxylation is 1. The van der Waals surface area contributed by atoms with Crippen molar-refractivity contribution in [1.82, 2.24) is 14.5 Å². The summed E-state index contributed by atoms with van der Waals surface area (Å²) in [6.45, 7) is 1.93.